The van der Waals surface area contributed by atoms with Gasteiger partial charge in [-0.25, -0.2) is 0 Å². The maximum absolute atomic E-state index is 13.0. The van der Waals surface area contributed by atoms with Crippen molar-refractivity contribution >= 4 is 28.9 Å². The molecule has 4 rings (SSSR count). The molecule has 0 saturated heterocycles. The molecule has 3 aromatic rings. The first-order valence-electron chi connectivity index (χ1n) is 10.9. The fraction of sp³-hybridized carbons (Fsp3) is 0.269. The zero-order valence-corrected chi connectivity index (χ0v) is 18.8. The molecule has 32 heavy (non-hydrogen) atoms. The van der Waals surface area contributed by atoms with Crippen LogP contribution in [-0.4, -0.2) is 37.4 Å². The quantitative estimate of drug-likeness (QED) is 0.642. The van der Waals surface area contributed by atoms with Gasteiger partial charge in [-0.1, -0.05) is 19.1 Å². The number of fused-ring (bicyclic) bond motifs is 1. The largest absolute Gasteiger partial charge is 0.377 e. The van der Waals surface area contributed by atoms with Gasteiger partial charge in [-0.15, -0.1) is 0 Å². The van der Waals surface area contributed by atoms with Crippen molar-refractivity contribution in [2.75, 3.05) is 35.8 Å². The number of hydrogen-bond acceptors (Lipinski definition) is 4. The number of aryl methyl sites for hydroxylation is 1. The van der Waals surface area contributed by atoms with E-state index in [1.165, 1.54) is 5.56 Å². The molecule has 164 valence electrons. The van der Waals surface area contributed by atoms with Gasteiger partial charge < -0.3 is 15.1 Å². The van der Waals surface area contributed by atoms with Gasteiger partial charge in [-0.2, -0.15) is 0 Å². The summed E-state index contributed by atoms with van der Waals surface area (Å²) in [6, 6.07) is 17.3. The van der Waals surface area contributed by atoms with E-state index >= 15 is 0 Å². The minimum absolute atomic E-state index is 0.0332. The summed E-state index contributed by atoms with van der Waals surface area (Å²) in [7, 11) is 3.88. The van der Waals surface area contributed by atoms with Gasteiger partial charge in [0.15, 0.2) is 0 Å². The summed E-state index contributed by atoms with van der Waals surface area (Å²) in [5, 5.41) is 3.03. The molecule has 1 aliphatic heterocycles. The van der Waals surface area contributed by atoms with Crippen molar-refractivity contribution < 1.29 is 9.59 Å². The van der Waals surface area contributed by atoms with Gasteiger partial charge in [0.2, 0.25) is 5.91 Å². The summed E-state index contributed by atoms with van der Waals surface area (Å²) < 4.78 is 0. The summed E-state index contributed by atoms with van der Waals surface area (Å²) in [5.41, 5.74) is 6.20. The Morgan fingerprint density at radius 3 is 2.66 bits per heavy atom. The second-order valence-electron chi connectivity index (χ2n) is 8.19. The van der Waals surface area contributed by atoms with Crippen LogP contribution in [0.25, 0.3) is 0 Å². The molecule has 1 N–H and O–H groups in total. The van der Waals surface area contributed by atoms with Gasteiger partial charge in [0.05, 0.1) is 12.0 Å². The van der Waals surface area contributed by atoms with E-state index in [1.807, 2.05) is 72.4 Å². The van der Waals surface area contributed by atoms with Crippen LogP contribution in [0.15, 0.2) is 60.8 Å². The molecule has 0 bridgehead atoms. The molecular formula is C26H28N4O2. The Labute approximate surface area is 188 Å². The fourth-order valence-corrected chi connectivity index (χ4v) is 4.05. The molecule has 2 heterocycles. The Bertz CT molecular complexity index is 1140. The number of nitrogens with zero attached hydrogens (tertiary/aromatic N) is 3. The van der Waals surface area contributed by atoms with E-state index in [1.54, 1.807) is 6.20 Å². The number of nitrogens with one attached hydrogen (secondary N) is 1. The predicted octanol–water partition coefficient (Wildman–Crippen LogP) is 4.09. The minimum Gasteiger partial charge on any atom is -0.377 e. The van der Waals surface area contributed by atoms with Crippen molar-refractivity contribution in [3.8, 4) is 0 Å². The molecule has 0 spiro atoms. The molecular weight excluding hydrogens is 400 g/mol. The highest BCUT2D eigenvalue weighted by Gasteiger charge is 2.25. The Hall–Kier alpha value is -3.67. The van der Waals surface area contributed by atoms with Crippen LogP contribution in [0.3, 0.4) is 0 Å². The molecule has 0 unspecified atom stereocenters. The normalized spacial score (nSPS) is 12.4. The molecule has 2 aromatic carbocycles. The van der Waals surface area contributed by atoms with E-state index in [4.69, 9.17) is 0 Å². The number of pyridine rings is 1. The third kappa shape index (κ3) is 4.49. The lowest BCUT2D eigenvalue weighted by atomic mass is 10.1. The van der Waals surface area contributed by atoms with Crippen molar-refractivity contribution in [3.05, 3.63) is 83.2 Å². The molecule has 1 aliphatic rings. The van der Waals surface area contributed by atoms with Crippen molar-refractivity contribution in [2.45, 2.75) is 26.2 Å². The van der Waals surface area contributed by atoms with Crippen LogP contribution in [0.4, 0.5) is 17.1 Å². The molecule has 0 saturated carbocycles. The van der Waals surface area contributed by atoms with Gasteiger partial charge in [-0.3, -0.25) is 14.6 Å². The number of hydrogen-bond donors (Lipinski definition) is 1. The third-order valence-electron chi connectivity index (χ3n) is 5.79. The highest BCUT2D eigenvalue weighted by Crippen LogP contribution is 2.31. The number of benzene rings is 2. The van der Waals surface area contributed by atoms with Crippen LogP contribution in [-0.2, 0) is 24.1 Å². The summed E-state index contributed by atoms with van der Waals surface area (Å²) in [6.45, 7) is 2.74. The monoisotopic (exact) mass is 428 g/mol. The number of amides is 2. The first-order valence-corrected chi connectivity index (χ1v) is 10.9. The van der Waals surface area contributed by atoms with Gasteiger partial charge in [0, 0.05) is 49.6 Å². The molecule has 2 amide bonds. The Balaban J connectivity index is 1.50. The zero-order valence-electron chi connectivity index (χ0n) is 18.8. The van der Waals surface area contributed by atoms with E-state index < -0.39 is 0 Å². The van der Waals surface area contributed by atoms with Crippen LogP contribution >= 0.6 is 0 Å². The first kappa shape index (κ1) is 21.6. The summed E-state index contributed by atoms with van der Waals surface area (Å²) in [5.74, 6) is -0.108. The van der Waals surface area contributed by atoms with E-state index in [-0.39, 0.29) is 18.2 Å². The molecule has 1 aromatic heterocycles. The van der Waals surface area contributed by atoms with Crippen LogP contribution < -0.4 is 15.1 Å². The number of anilines is 3. The minimum atomic E-state index is -0.141. The summed E-state index contributed by atoms with van der Waals surface area (Å²) in [4.78, 5) is 33.8. The number of rotatable bonds is 6. The van der Waals surface area contributed by atoms with Crippen LogP contribution in [0.1, 0.15) is 34.1 Å². The van der Waals surface area contributed by atoms with Crippen LogP contribution in [0.5, 0.6) is 0 Å². The lowest BCUT2D eigenvalue weighted by Gasteiger charge is -2.19. The topological polar surface area (TPSA) is 65.5 Å². The van der Waals surface area contributed by atoms with E-state index in [2.05, 4.69) is 23.3 Å². The fourth-order valence-electron chi connectivity index (χ4n) is 4.05. The maximum atomic E-state index is 13.0. The molecule has 0 radical (unpaired) electrons. The highest BCUT2D eigenvalue weighted by atomic mass is 16.2. The lowest BCUT2D eigenvalue weighted by Crippen LogP contribution is -2.30. The average Bonchev–Trinajstić information content (AvgIpc) is 3.22. The standard InChI is InChI=1S/C26H28N4O2/c1-4-18-8-10-22(24(15-18)29(2)3)26(32)28-21-9-11-23-19(16-21)12-14-30(23)25(31)17-20-7-5-6-13-27-20/h5-11,13,15-16H,4,12,14,17H2,1-3H3,(H,28,32). The lowest BCUT2D eigenvalue weighted by molar-refractivity contribution is -0.117. The maximum Gasteiger partial charge on any atom is 0.257 e. The van der Waals surface area contributed by atoms with Crippen LogP contribution in [0.2, 0.25) is 0 Å². The SMILES string of the molecule is CCc1ccc(C(=O)Nc2ccc3c(c2)CCN3C(=O)Cc2ccccn2)c(N(C)C)c1. The second-order valence-corrected chi connectivity index (χ2v) is 8.19. The molecule has 6 heteroatoms. The Morgan fingerprint density at radius 2 is 1.94 bits per heavy atom. The zero-order chi connectivity index (χ0) is 22.7. The summed E-state index contributed by atoms with van der Waals surface area (Å²) >= 11 is 0. The number of carbonyl (C=O) groups is 2. The molecule has 0 atom stereocenters. The third-order valence-corrected chi connectivity index (χ3v) is 5.79. The van der Waals surface area contributed by atoms with Gasteiger partial charge in [0.25, 0.3) is 5.91 Å². The van der Waals surface area contributed by atoms with Gasteiger partial charge in [-0.05, 0) is 66.4 Å². The second kappa shape index (κ2) is 9.22. The smallest absolute Gasteiger partial charge is 0.257 e. The first-order chi connectivity index (χ1) is 15.5. The van der Waals surface area contributed by atoms with Crippen molar-refractivity contribution in [1.29, 1.82) is 0 Å². The Kier molecular flexibility index (Phi) is 6.21. The molecule has 6 nitrogen and oxygen atoms in total. The summed E-state index contributed by atoms with van der Waals surface area (Å²) in [6.07, 6.45) is 3.66. The van der Waals surface area contributed by atoms with Crippen LogP contribution in [0, 0.1) is 0 Å². The van der Waals surface area contributed by atoms with Crippen molar-refractivity contribution in [3.63, 3.8) is 0 Å². The van der Waals surface area contributed by atoms with E-state index in [0.717, 1.165) is 41.2 Å². The average molecular weight is 429 g/mol. The number of aromatic nitrogens is 1. The predicted molar refractivity (Wildman–Crippen MR) is 129 cm³/mol. The number of carbonyl (C=O) groups excluding carboxylic acids is 2. The van der Waals surface area contributed by atoms with Gasteiger partial charge in [0.1, 0.15) is 0 Å². The highest BCUT2D eigenvalue weighted by molar-refractivity contribution is 6.08. The molecule has 0 fully saturated rings. The molecule has 0 aliphatic carbocycles. The Morgan fingerprint density at radius 1 is 1.09 bits per heavy atom. The van der Waals surface area contributed by atoms with Gasteiger partial charge >= 0.3 is 0 Å². The van der Waals surface area contributed by atoms with Crippen molar-refractivity contribution in [1.82, 2.24) is 4.98 Å². The van der Waals surface area contributed by atoms with E-state index in [0.29, 0.717) is 12.1 Å². The van der Waals surface area contributed by atoms with E-state index in [9.17, 15) is 9.59 Å². The van der Waals surface area contributed by atoms with Crippen molar-refractivity contribution in [2.24, 2.45) is 0 Å².